The predicted molar refractivity (Wildman–Crippen MR) is 111 cm³/mol. The number of carbonyl (C=O) groups excluding carboxylic acids is 2. The number of amides is 2. The van der Waals surface area contributed by atoms with Gasteiger partial charge in [-0.2, -0.15) is 0 Å². The molecule has 2 heterocycles. The Bertz CT molecular complexity index is 836. The number of anilines is 2. The first-order valence-corrected chi connectivity index (χ1v) is 9.63. The predicted octanol–water partition coefficient (Wildman–Crippen LogP) is 3.01. The Morgan fingerprint density at radius 2 is 1.61 bits per heavy atom. The van der Waals surface area contributed by atoms with Crippen molar-refractivity contribution in [2.24, 2.45) is 5.41 Å². The van der Waals surface area contributed by atoms with Crippen molar-refractivity contribution in [1.82, 2.24) is 9.88 Å². The van der Waals surface area contributed by atoms with Crippen molar-refractivity contribution >= 4 is 23.3 Å². The summed E-state index contributed by atoms with van der Waals surface area (Å²) in [4.78, 5) is 34.3. The molecular weight excluding hydrogens is 352 g/mol. The van der Waals surface area contributed by atoms with Gasteiger partial charge in [-0.25, -0.2) is 4.98 Å². The Morgan fingerprint density at radius 1 is 0.964 bits per heavy atom. The molecule has 0 spiro atoms. The van der Waals surface area contributed by atoms with E-state index in [1.54, 1.807) is 24.9 Å². The number of nitrogens with zero attached hydrogens (tertiary/aromatic N) is 3. The number of pyridine rings is 1. The van der Waals surface area contributed by atoms with Gasteiger partial charge in [-0.15, -0.1) is 0 Å². The van der Waals surface area contributed by atoms with Crippen molar-refractivity contribution in [3.05, 3.63) is 53.7 Å². The van der Waals surface area contributed by atoms with Gasteiger partial charge in [0.2, 0.25) is 11.8 Å². The smallest absolute Gasteiger partial charge is 0.239 e. The summed E-state index contributed by atoms with van der Waals surface area (Å²) < 4.78 is 0. The first kappa shape index (κ1) is 19.9. The van der Waals surface area contributed by atoms with Crippen molar-refractivity contribution in [2.45, 2.75) is 27.7 Å². The van der Waals surface area contributed by atoms with E-state index in [4.69, 9.17) is 0 Å². The molecular formula is C22H28N4O2. The van der Waals surface area contributed by atoms with Crippen LogP contribution >= 0.6 is 0 Å². The lowest BCUT2D eigenvalue weighted by molar-refractivity contribution is -0.146. The van der Waals surface area contributed by atoms with Gasteiger partial charge in [0, 0.05) is 38.1 Å². The average molecular weight is 380 g/mol. The summed E-state index contributed by atoms with van der Waals surface area (Å²) in [5.74, 6) is 0.501. The molecule has 0 unspecified atom stereocenters. The summed E-state index contributed by atoms with van der Waals surface area (Å²) in [5.41, 5.74) is 1.62. The van der Waals surface area contributed by atoms with Crippen LogP contribution in [-0.2, 0) is 9.59 Å². The fourth-order valence-corrected chi connectivity index (χ4v) is 3.45. The van der Waals surface area contributed by atoms with Gasteiger partial charge in [0.25, 0.3) is 0 Å². The Labute approximate surface area is 166 Å². The van der Waals surface area contributed by atoms with Crippen LogP contribution in [0.1, 0.15) is 25.0 Å². The van der Waals surface area contributed by atoms with Crippen LogP contribution in [0.15, 0.2) is 42.6 Å². The Hall–Kier alpha value is -2.89. The lowest BCUT2D eigenvalue weighted by Gasteiger charge is -2.38. The molecule has 1 saturated heterocycles. The van der Waals surface area contributed by atoms with E-state index in [1.807, 2.05) is 50.2 Å². The van der Waals surface area contributed by atoms with Gasteiger partial charge in [-0.3, -0.25) is 9.59 Å². The molecule has 2 amide bonds. The summed E-state index contributed by atoms with van der Waals surface area (Å²) in [6.45, 7) is 9.87. The van der Waals surface area contributed by atoms with Gasteiger partial charge in [-0.05, 0) is 51.0 Å². The third kappa shape index (κ3) is 4.01. The SMILES string of the molecule is Cc1cccc(C)c1NC(=O)C(C)(C)C(=O)N1CCN(c2ccccn2)CC1. The maximum Gasteiger partial charge on any atom is 0.239 e. The van der Waals surface area contributed by atoms with Gasteiger partial charge in [-0.1, -0.05) is 24.3 Å². The van der Waals surface area contributed by atoms with Crippen LogP contribution in [0.4, 0.5) is 11.5 Å². The Morgan fingerprint density at radius 3 is 2.18 bits per heavy atom. The normalized spacial score (nSPS) is 14.7. The fourth-order valence-electron chi connectivity index (χ4n) is 3.45. The third-order valence-corrected chi connectivity index (χ3v) is 5.36. The molecule has 0 aliphatic carbocycles. The zero-order valence-electron chi connectivity index (χ0n) is 17.0. The summed E-state index contributed by atoms with van der Waals surface area (Å²) in [7, 11) is 0. The minimum absolute atomic E-state index is 0.142. The van der Waals surface area contributed by atoms with Crippen LogP contribution < -0.4 is 10.2 Å². The number of aromatic nitrogens is 1. The summed E-state index contributed by atoms with van der Waals surface area (Å²) in [6, 6.07) is 11.7. The van der Waals surface area contributed by atoms with Gasteiger partial charge < -0.3 is 15.1 Å². The Balaban J connectivity index is 1.65. The van der Waals surface area contributed by atoms with Crippen molar-refractivity contribution in [3.63, 3.8) is 0 Å². The molecule has 28 heavy (non-hydrogen) atoms. The number of rotatable bonds is 4. The number of piperazine rings is 1. The van der Waals surface area contributed by atoms with E-state index in [1.165, 1.54) is 0 Å². The molecule has 6 nitrogen and oxygen atoms in total. The highest BCUT2D eigenvalue weighted by Gasteiger charge is 2.40. The standard InChI is InChI=1S/C22H28N4O2/c1-16-8-7-9-17(2)19(16)24-20(27)22(3,4)21(28)26-14-12-25(13-15-26)18-10-5-6-11-23-18/h5-11H,12-15H2,1-4H3,(H,24,27). The number of aryl methyl sites for hydroxylation is 2. The highest BCUT2D eigenvalue weighted by atomic mass is 16.2. The monoisotopic (exact) mass is 380 g/mol. The average Bonchev–Trinajstić information content (AvgIpc) is 2.71. The first-order chi connectivity index (χ1) is 13.3. The fraction of sp³-hybridized carbons (Fsp3) is 0.409. The second-order valence-electron chi connectivity index (χ2n) is 7.81. The number of hydrogen-bond acceptors (Lipinski definition) is 4. The molecule has 0 radical (unpaired) electrons. The van der Waals surface area contributed by atoms with Gasteiger partial charge in [0.1, 0.15) is 11.2 Å². The van der Waals surface area contributed by atoms with Gasteiger partial charge in [0.15, 0.2) is 0 Å². The van der Waals surface area contributed by atoms with Crippen LogP contribution in [0.3, 0.4) is 0 Å². The number of para-hydroxylation sites is 1. The topological polar surface area (TPSA) is 65.5 Å². The van der Waals surface area contributed by atoms with E-state index >= 15 is 0 Å². The van der Waals surface area contributed by atoms with Crippen molar-refractivity contribution < 1.29 is 9.59 Å². The molecule has 148 valence electrons. The van der Waals surface area contributed by atoms with E-state index < -0.39 is 5.41 Å². The summed E-state index contributed by atoms with van der Waals surface area (Å²) >= 11 is 0. The van der Waals surface area contributed by atoms with Crippen molar-refractivity contribution in [3.8, 4) is 0 Å². The minimum Gasteiger partial charge on any atom is -0.353 e. The molecule has 1 aliphatic rings. The maximum absolute atomic E-state index is 13.1. The largest absolute Gasteiger partial charge is 0.353 e. The lowest BCUT2D eigenvalue weighted by atomic mass is 9.89. The maximum atomic E-state index is 13.1. The molecule has 1 aromatic carbocycles. The molecule has 1 aromatic heterocycles. The van der Waals surface area contributed by atoms with Gasteiger partial charge >= 0.3 is 0 Å². The zero-order valence-corrected chi connectivity index (χ0v) is 17.0. The second-order valence-corrected chi connectivity index (χ2v) is 7.81. The Kier molecular flexibility index (Phi) is 5.68. The number of benzene rings is 1. The molecule has 0 atom stereocenters. The first-order valence-electron chi connectivity index (χ1n) is 9.63. The molecule has 0 bridgehead atoms. The van der Waals surface area contributed by atoms with Crippen LogP contribution in [-0.4, -0.2) is 47.9 Å². The number of carbonyl (C=O) groups is 2. The quantitative estimate of drug-likeness (QED) is 0.828. The number of nitrogens with one attached hydrogen (secondary N) is 1. The van der Waals surface area contributed by atoms with E-state index in [-0.39, 0.29) is 11.8 Å². The van der Waals surface area contributed by atoms with Crippen LogP contribution in [0.5, 0.6) is 0 Å². The lowest BCUT2D eigenvalue weighted by Crippen LogP contribution is -2.54. The molecule has 1 aliphatic heterocycles. The zero-order chi connectivity index (χ0) is 20.3. The molecule has 2 aromatic rings. The second kappa shape index (κ2) is 8.00. The highest BCUT2D eigenvalue weighted by molar-refractivity contribution is 6.10. The van der Waals surface area contributed by atoms with E-state index in [0.717, 1.165) is 22.6 Å². The van der Waals surface area contributed by atoms with E-state index in [9.17, 15) is 9.59 Å². The molecule has 1 fully saturated rings. The molecule has 6 heteroatoms. The van der Waals surface area contributed by atoms with E-state index in [0.29, 0.717) is 26.2 Å². The minimum atomic E-state index is -1.14. The van der Waals surface area contributed by atoms with Crippen LogP contribution in [0.25, 0.3) is 0 Å². The van der Waals surface area contributed by atoms with Crippen molar-refractivity contribution in [1.29, 1.82) is 0 Å². The highest BCUT2D eigenvalue weighted by Crippen LogP contribution is 2.26. The molecule has 3 rings (SSSR count). The summed E-state index contributed by atoms with van der Waals surface area (Å²) in [5, 5.41) is 2.97. The van der Waals surface area contributed by atoms with Crippen LogP contribution in [0, 0.1) is 19.3 Å². The summed E-state index contributed by atoms with van der Waals surface area (Å²) in [6.07, 6.45) is 1.77. The van der Waals surface area contributed by atoms with E-state index in [2.05, 4.69) is 15.2 Å². The van der Waals surface area contributed by atoms with Crippen molar-refractivity contribution in [2.75, 3.05) is 36.4 Å². The third-order valence-electron chi connectivity index (χ3n) is 5.36. The molecule has 0 saturated carbocycles. The van der Waals surface area contributed by atoms with Crippen LogP contribution in [0.2, 0.25) is 0 Å². The van der Waals surface area contributed by atoms with Gasteiger partial charge in [0.05, 0.1) is 0 Å². The number of hydrogen-bond donors (Lipinski definition) is 1. The molecule has 1 N–H and O–H groups in total.